The number of carbonyl (C=O) groups is 1. The van der Waals surface area contributed by atoms with Crippen molar-refractivity contribution < 1.29 is 19.6 Å². The summed E-state index contributed by atoms with van der Waals surface area (Å²) in [6.45, 7) is 5.23. The highest BCUT2D eigenvalue weighted by Gasteiger charge is 2.23. The molecule has 0 aliphatic heterocycles. The first-order valence-corrected chi connectivity index (χ1v) is 5.72. The highest BCUT2D eigenvalue weighted by molar-refractivity contribution is 6.61. The number of nitrogens with zero attached hydrogens (tertiary/aromatic N) is 3. The van der Waals surface area contributed by atoms with Crippen LogP contribution in [-0.2, 0) is 4.74 Å². The molecule has 100 valence electrons. The number of aromatic nitrogens is 3. The van der Waals surface area contributed by atoms with Crippen LogP contribution < -0.4 is 5.46 Å². The molecule has 0 aliphatic carbocycles. The molecule has 2 rings (SSSR count). The number of carbonyl (C=O) groups excluding carboxylic acids is 1. The molecule has 0 saturated carbocycles. The molecule has 0 aromatic carbocycles. The van der Waals surface area contributed by atoms with Crippen molar-refractivity contribution in [2.45, 2.75) is 26.4 Å². The predicted octanol–water partition coefficient (Wildman–Crippen LogP) is -0.106. The molecule has 0 spiro atoms. The van der Waals surface area contributed by atoms with Gasteiger partial charge < -0.3 is 14.8 Å². The van der Waals surface area contributed by atoms with Gasteiger partial charge in [-0.25, -0.2) is 9.78 Å². The minimum absolute atomic E-state index is 0.222. The summed E-state index contributed by atoms with van der Waals surface area (Å²) < 4.78 is 6.18. The summed E-state index contributed by atoms with van der Waals surface area (Å²) in [7, 11) is -1.65. The lowest BCUT2D eigenvalue weighted by Crippen LogP contribution is -2.31. The van der Waals surface area contributed by atoms with E-state index in [1.165, 1.54) is 18.5 Å². The zero-order valence-electron chi connectivity index (χ0n) is 10.9. The van der Waals surface area contributed by atoms with Gasteiger partial charge in [-0.15, -0.1) is 4.68 Å². The monoisotopic (exact) mass is 263 g/mol. The molecular formula is C11H14BN3O4. The highest BCUT2D eigenvalue weighted by atomic mass is 16.6. The van der Waals surface area contributed by atoms with Crippen molar-refractivity contribution in [3.05, 3.63) is 18.5 Å². The lowest BCUT2D eigenvalue weighted by Gasteiger charge is -2.18. The molecule has 2 N–H and O–H groups in total. The first-order valence-electron chi connectivity index (χ1n) is 5.72. The molecule has 0 radical (unpaired) electrons. The fourth-order valence-electron chi connectivity index (χ4n) is 1.61. The van der Waals surface area contributed by atoms with E-state index >= 15 is 0 Å². The van der Waals surface area contributed by atoms with Crippen LogP contribution >= 0.6 is 0 Å². The van der Waals surface area contributed by atoms with Crippen LogP contribution in [-0.4, -0.2) is 43.6 Å². The summed E-state index contributed by atoms with van der Waals surface area (Å²) >= 11 is 0. The third-order valence-electron chi connectivity index (χ3n) is 2.35. The second-order valence-corrected chi connectivity index (χ2v) is 5.05. The van der Waals surface area contributed by atoms with Crippen LogP contribution in [0, 0.1) is 0 Å². The third kappa shape index (κ3) is 2.74. The average Bonchev–Trinajstić information content (AvgIpc) is 2.69. The summed E-state index contributed by atoms with van der Waals surface area (Å²) in [5, 5.41) is 22.7. The Morgan fingerprint density at radius 2 is 2.11 bits per heavy atom. The van der Waals surface area contributed by atoms with Gasteiger partial charge in [0.15, 0.2) is 5.65 Å². The Morgan fingerprint density at radius 3 is 2.68 bits per heavy atom. The third-order valence-corrected chi connectivity index (χ3v) is 2.35. The van der Waals surface area contributed by atoms with Gasteiger partial charge in [0.25, 0.3) is 0 Å². The van der Waals surface area contributed by atoms with Gasteiger partial charge in [-0.3, -0.25) is 0 Å². The molecule has 0 aliphatic rings. The molecule has 0 bridgehead atoms. The van der Waals surface area contributed by atoms with Crippen LogP contribution in [0.4, 0.5) is 4.79 Å². The van der Waals surface area contributed by atoms with E-state index in [-0.39, 0.29) is 11.1 Å². The number of hydrogen-bond acceptors (Lipinski definition) is 6. The van der Waals surface area contributed by atoms with Crippen LogP contribution in [0.1, 0.15) is 20.8 Å². The SMILES string of the molecule is CC(C)(C)OC(=O)n1ncc2c(B(O)O)ccnc21. The van der Waals surface area contributed by atoms with Crippen LogP contribution in [0.3, 0.4) is 0 Å². The van der Waals surface area contributed by atoms with E-state index in [1.807, 2.05) is 0 Å². The molecule has 0 fully saturated rings. The number of hydrogen-bond donors (Lipinski definition) is 2. The fourth-order valence-corrected chi connectivity index (χ4v) is 1.61. The number of ether oxygens (including phenoxy) is 1. The molecule has 8 heteroatoms. The molecule has 0 unspecified atom stereocenters. The van der Waals surface area contributed by atoms with Gasteiger partial charge in [0.1, 0.15) is 5.60 Å². The van der Waals surface area contributed by atoms with Crippen molar-refractivity contribution in [1.29, 1.82) is 0 Å². The van der Waals surface area contributed by atoms with Gasteiger partial charge in [0.2, 0.25) is 0 Å². The quantitative estimate of drug-likeness (QED) is 0.697. The minimum atomic E-state index is -1.65. The van der Waals surface area contributed by atoms with Gasteiger partial charge in [0.05, 0.1) is 6.20 Å². The van der Waals surface area contributed by atoms with Crippen molar-refractivity contribution in [2.24, 2.45) is 0 Å². The molecule has 2 aromatic rings. The minimum Gasteiger partial charge on any atom is -0.442 e. The molecular weight excluding hydrogens is 249 g/mol. The van der Waals surface area contributed by atoms with Gasteiger partial charge in [0, 0.05) is 11.6 Å². The normalized spacial score (nSPS) is 11.6. The standard InChI is InChI=1S/C11H14BN3O4/c1-11(2,3)19-10(16)15-9-7(6-14-15)8(12(17)18)4-5-13-9/h4-6,17-18H,1-3H3. The summed E-state index contributed by atoms with van der Waals surface area (Å²) in [4.78, 5) is 15.9. The van der Waals surface area contributed by atoms with E-state index in [4.69, 9.17) is 4.74 Å². The first kappa shape index (κ1) is 13.5. The van der Waals surface area contributed by atoms with E-state index in [2.05, 4.69) is 10.1 Å². The van der Waals surface area contributed by atoms with Crippen LogP contribution in [0.5, 0.6) is 0 Å². The zero-order chi connectivity index (χ0) is 14.2. The lowest BCUT2D eigenvalue weighted by molar-refractivity contribution is 0.0522. The Morgan fingerprint density at radius 1 is 1.42 bits per heavy atom. The summed E-state index contributed by atoms with van der Waals surface area (Å²) in [5.74, 6) is 0. The van der Waals surface area contributed by atoms with Crippen LogP contribution in [0.15, 0.2) is 18.5 Å². The Balaban J connectivity index is 2.47. The van der Waals surface area contributed by atoms with E-state index in [0.29, 0.717) is 5.39 Å². The largest absolute Gasteiger partial charge is 0.489 e. The van der Waals surface area contributed by atoms with Crippen molar-refractivity contribution in [2.75, 3.05) is 0 Å². The van der Waals surface area contributed by atoms with E-state index in [9.17, 15) is 14.8 Å². The first-order chi connectivity index (χ1) is 8.79. The Hall–Kier alpha value is -1.93. The average molecular weight is 263 g/mol. The predicted molar refractivity (Wildman–Crippen MR) is 69.0 cm³/mol. The fraction of sp³-hybridized carbons (Fsp3) is 0.364. The molecule has 2 aromatic heterocycles. The van der Waals surface area contributed by atoms with Crippen molar-refractivity contribution in [3.63, 3.8) is 0 Å². The van der Waals surface area contributed by atoms with Gasteiger partial charge in [-0.05, 0) is 32.3 Å². The van der Waals surface area contributed by atoms with E-state index < -0.39 is 18.8 Å². The number of fused-ring (bicyclic) bond motifs is 1. The van der Waals surface area contributed by atoms with E-state index in [1.54, 1.807) is 20.8 Å². The van der Waals surface area contributed by atoms with Crippen molar-refractivity contribution in [3.8, 4) is 0 Å². The second kappa shape index (κ2) is 4.63. The van der Waals surface area contributed by atoms with Crippen LogP contribution in [0.25, 0.3) is 11.0 Å². The molecule has 0 atom stereocenters. The highest BCUT2D eigenvalue weighted by Crippen LogP contribution is 2.13. The summed E-state index contributed by atoms with van der Waals surface area (Å²) in [5.41, 5.74) is -0.191. The molecule has 2 heterocycles. The van der Waals surface area contributed by atoms with Crippen molar-refractivity contribution >= 4 is 29.7 Å². The number of pyridine rings is 1. The summed E-state index contributed by atoms with van der Waals surface area (Å²) in [6, 6.07) is 1.45. The topological polar surface area (TPSA) is 97.5 Å². The van der Waals surface area contributed by atoms with Gasteiger partial charge >= 0.3 is 13.2 Å². The molecule has 0 amide bonds. The zero-order valence-corrected chi connectivity index (χ0v) is 10.9. The molecule has 19 heavy (non-hydrogen) atoms. The van der Waals surface area contributed by atoms with Crippen molar-refractivity contribution in [1.82, 2.24) is 14.8 Å². The van der Waals surface area contributed by atoms with E-state index in [0.717, 1.165) is 4.68 Å². The van der Waals surface area contributed by atoms with Gasteiger partial charge in [-0.1, -0.05) is 0 Å². The Bertz CT molecular complexity index is 618. The second-order valence-electron chi connectivity index (χ2n) is 5.05. The summed E-state index contributed by atoms with van der Waals surface area (Å²) in [6.07, 6.45) is 2.06. The molecule has 0 saturated heterocycles. The Kier molecular flexibility index (Phi) is 3.29. The maximum Gasteiger partial charge on any atom is 0.489 e. The smallest absolute Gasteiger partial charge is 0.442 e. The lowest BCUT2D eigenvalue weighted by atomic mass is 9.79. The number of rotatable bonds is 1. The van der Waals surface area contributed by atoms with Crippen LogP contribution in [0.2, 0.25) is 0 Å². The maximum atomic E-state index is 11.9. The molecule has 7 nitrogen and oxygen atoms in total. The van der Waals surface area contributed by atoms with Gasteiger partial charge in [-0.2, -0.15) is 5.10 Å². The Labute approximate surface area is 110 Å². The maximum absolute atomic E-state index is 11.9.